The summed E-state index contributed by atoms with van der Waals surface area (Å²) in [5.74, 6) is 1.68. The van der Waals surface area contributed by atoms with E-state index in [4.69, 9.17) is 22.3 Å². The predicted octanol–water partition coefficient (Wildman–Crippen LogP) is 3.69. The molecule has 1 saturated carbocycles. The molecule has 0 spiro atoms. The lowest BCUT2D eigenvalue weighted by molar-refractivity contribution is 0.375. The number of hydrogen-bond acceptors (Lipinski definition) is 2. The standard InChI is InChI=1S/C15H20ClN3/c1-2-19-14-7-6-11(16)9-13(14)18-15(19)10-4-3-5-12(17)8-10/h6-7,9-10,12H,2-5,8,17H2,1H3. The van der Waals surface area contributed by atoms with Crippen LogP contribution in [0.5, 0.6) is 0 Å². The van der Waals surface area contributed by atoms with E-state index >= 15 is 0 Å². The first-order valence-corrected chi connectivity index (χ1v) is 7.48. The summed E-state index contributed by atoms with van der Waals surface area (Å²) in [6.45, 7) is 3.11. The molecule has 19 heavy (non-hydrogen) atoms. The van der Waals surface area contributed by atoms with Gasteiger partial charge in [0.15, 0.2) is 0 Å². The van der Waals surface area contributed by atoms with Crippen LogP contribution in [0.1, 0.15) is 44.3 Å². The van der Waals surface area contributed by atoms with Gasteiger partial charge in [0.1, 0.15) is 5.82 Å². The van der Waals surface area contributed by atoms with Crippen LogP contribution >= 0.6 is 11.6 Å². The molecule has 0 bridgehead atoms. The molecule has 1 fully saturated rings. The number of halogens is 1. The first kappa shape index (κ1) is 12.9. The Labute approximate surface area is 118 Å². The molecule has 2 unspecified atom stereocenters. The molecule has 1 aliphatic carbocycles. The van der Waals surface area contributed by atoms with Gasteiger partial charge in [0, 0.05) is 23.5 Å². The highest BCUT2D eigenvalue weighted by Crippen LogP contribution is 2.34. The van der Waals surface area contributed by atoms with Gasteiger partial charge in [-0.25, -0.2) is 4.98 Å². The molecule has 1 heterocycles. The summed E-state index contributed by atoms with van der Waals surface area (Å²) in [6, 6.07) is 6.29. The van der Waals surface area contributed by atoms with Crippen LogP contribution in [-0.2, 0) is 6.54 Å². The van der Waals surface area contributed by atoms with E-state index in [1.54, 1.807) is 0 Å². The van der Waals surface area contributed by atoms with Crippen molar-refractivity contribution in [3.05, 3.63) is 29.0 Å². The van der Waals surface area contributed by atoms with Crippen LogP contribution in [0.3, 0.4) is 0 Å². The van der Waals surface area contributed by atoms with E-state index in [1.807, 2.05) is 12.1 Å². The molecule has 0 saturated heterocycles. The quantitative estimate of drug-likeness (QED) is 0.910. The van der Waals surface area contributed by atoms with Gasteiger partial charge in [0.2, 0.25) is 0 Å². The summed E-state index contributed by atoms with van der Waals surface area (Å²) < 4.78 is 2.31. The van der Waals surface area contributed by atoms with Crippen LogP contribution in [0.25, 0.3) is 11.0 Å². The molecule has 1 aromatic heterocycles. The first-order chi connectivity index (χ1) is 9.19. The summed E-state index contributed by atoms with van der Waals surface area (Å²) in [5.41, 5.74) is 8.30. The lowest BCUT2D eigenvalue weighted by Crippen LogP contribution is -2.28. The van der Waals surface area contributed by atoms with Crippen molar-refractivity contribution < 1.29 is 0 Å². The van der Waals surface area contributed by atoms with E-state index in [-0.39, 0.29) is 0 Å². The Hall–Kier alpha value is -1.06. The van der Waals surface area contributed by atoms with Crippen molar-refractivity contribution in [2.24, 2.45) is 5.73 Å². The number of nitrogens with two attached hydrogens (primary N) is 1. The zero-order valence-corrected chi connectivity index (χ0v) is 12.0. The SMILES string of the molecule is CCn1c(C2CCCC(N)C2)nc2cc(Cl)ccc21. The van der Waals surface area contributed by atoms with Gasteiger partial charge in [-0.15, -0.1) is 0 Å². The summed E-state index contributed by atoms with van der Waals surface area (Å²) >= 11 is 6.06. The number of aryl methyl sites for hydroxylation is 1. The average Bonchev–Trinajstić information content (AvgIpc) is 2.76. The molecule has 3 nitrogen and oxygen atoms in total. The van der Waals surface area contributed by atoms with Crippen LogP contribution in [-0.4, -0.2) is 15.6 Å². The van der Waals surface area contributed by atoms with Gasteiger partial charge in [-0.05, 0) is 44.4 Å². The monoisotopic (exact) mass is 277 g/mol. The van der Waals surface area contributed by atoms with Crippen molar-refractivity contribution >= 4 is 22.6 Å². The van der Waals surface area contributed by atoms with Gasteiger partial charge in [-0.3, -0.25) is 0 Å². The Morgan fingerprint density at radius 3 is 3.00 bits per heavy atom. The zero-order chi connectivity index (χ0) is 13.4. The van der Waals surface area contributed by atoms with Crippen LogP contribution in [0.4, 0.5) is 0 Å². The lowest BCUT2D eigenvalue weighted by atomic mass is 9.85. The molecular weight excluding hydrogens is 258 g/mol. The summed E-state index contributed by atoms with van der Waals surface area (Å²) in [7, 11) is 0. The molecule has 2 atom stereocenters. The second kappa shape index (κ2) is 5.14. The van der Waals surface area contributed by atoms with Crippen molar-refractivity contribution in [3.8, 4) is 0 Å². The maximum Gasteiger partial charge on any atom is 0.113 e. The highest BCUT2D eigenvalue weighted by Gasteiger charge is 2.25. The molecule has 1 aromatic carbocycles. The maximum absolute atomic E-state index is 6.11. The maximum atomic E-state index is 6.11. The molecule has 0 amide bonds. The molecule has 1 aliphatic rings. The van der Waals surface area contributed by atoms with Gasteiger partial charge in [-0.1, -0.05) is 18.0 Å². The topological polar surface area (TPSA) is 43.8 Å². The fraction of sp³-hybridized carbons (Fsp3) is 0.533. The third kappa shape index (κ3) is 2.37. The van der Waals surface area contributed by atoms with E-state index in [0.29, 0.717) is 12.0 Å². The van der Waals surface area contributed by atoms with Gasteiger partial charge in [-0.2, -0.15) is 0 Å². The minimum absolute atomic E-state index is 0.326. The van der Waals surface area contributed by atoms with Crippen molar-refractivity contribution in [2.75, 3.05) is 0 Å². The van der Waals surface area contributed by atoms with Crippen molar-refractivity contribution in [3.63, 3.8) is 0 Å². The highest BCUT2D eigenvalue weighted by molar-refractivity contribution is 6.31. The summed E-state index contributed by atoms with van der Waals surface area (Å²) in [5, 5.41) is 0.750. The van der Waals surface area contributed by atoms with Gasteiger partial charge in [0.05, 0.1) is 11.0 Å². The summed E-state index contributed by atoms with van der Waals surface area (Å²) in [6.07, 6.45) is 4.61. The van der Waals surface area contributed by atoms with Crippen LogP contribution < -0.4 is 5.73 Å². The number of fused-ring (bicyclic) bond motifs is 1. The van der Waals surface area contributed by atoms with E-state index in [0.717, 1.165) is 29.9 Å². The van der Waals surface area contributed by atoms with Crippen molar-refractivity contribution in [2.45, 2.75) is 51.1 Å². The Morgan fingerprint density at radius 2 is 2.26 bits per heavy atom. The molecule has 0 radical (unpaired) electrons. The van der Waals surface area contributed by atoms with E-state index in [9.17, 15) is 0 Å². The number of imidazole rings is 1. The molecular formula is C15H20ClN3. The molecule has 2 N–H and O–H groups in total. The number of hydrogen-bond donors (Lipinski definition) is 1. The number of rotatable bonds is 2. The van der Waals surface area contributed by atoms with Gasteiger partial charge in [0.25, 0.3) is 0 Å². The first-order valence-electron chi connectivity index (χ1n) is 7.10. The largest absolute Gasteiger partial charge is 0.328 e. The van der Waals surface area contributed by atoms with Crippen LogP contribution in [0, 0.1) is 0 Å². The number of aromatic nitrogens is 2. The van der Waals surface area contributed by atoms with Crippen molar-refractivity contribution in [1.82, 2.24) is 9.55 Å². The number of nitrogens with zero attached hydrogens (tertiary/aromatic N) is 2. The minimum Gasteiger partial charge on any atom is -0.328 e. The molecule has 4 heteroatoms. The molecule has 102 valence electrons. The Morgan fingerprint density at radius 1 is 1.42 bits per heavy atom. The molecule has 3 rings (SSSR count). The smallest absolute Gasteiger partial charge is 0.113 e. The van der Waals surface area contributed by atoms with E-state index < -0.39 is 0 Å². The fourth-order valence-corrected chi connectivity index (χ4v) is 3.39. The highest BCUT2D eigenvalue weighted by atomic mass is 35.5. The Bertz CT molecular complexity index is 590. The molecule has 2 aromatic rings. The minimum atomic E-state index is 0.326. The normalized spacial score (nSPS) is 23.9. The fourth-order valence-electron chi connectivity index (χ4n) is 3.23. The Balaban J connectivity index is 2.06. The van der Waals surface area contributed by atoms with E-state index in [1.165, 1.54) is 24.2 Å². The third-order valence-corrected chi connectivity index (χ3v) is 4.37. The van der Waals surface area contributed by atoms with Crippen LogP contribution in [0.15, 0.2) is 18.2 Å². The molecule has 0 aliphatic heterocycles. The van der Waals surface area contributed by atoms with Gasteiger partial charge < -0.3 is 10.3 Å². The average molecular weight is 278 g/mol. The predicted molar refractivity (Wildman–Crippen MR) is 79.6 cm³/mol. The number of benzene rings is 1. The second-order valence-electron chi connectivity index (χ2n) is 5.47. The zero-order valence-electron chi connectivity index (χ0n) is 11.3. The van der Waals surface area contributed by atoms with E-state index in [2.05, 4.69) is 17.6 Å². The Kier molecular flexibility index (Phi) is 3.50. The van der Waals surface area contributed by atoms with Gasteiger partial charge >= 0.3 is 0 Å². The second-order valence-corrected chi connectivity index (χ2v) is 5.91. The van der Waals surface area contributed by atoms with Crippen molar-refractivity contribution in [1.29, 1.82) is 0 Å². The lowest BCUT2D eigenvalue weighted by Gasteiger charge is -2.26. The third-order valence-electron chi connectivity index (χ3n) is 4.14. The van der Waals surface area contributed by atoms with Crippen LogP contribution in [0.2, 0.25) is 5.02 Å². The summed E-state index contributed by atoms with van der Waals surface area (Å²) in [4.78, 5) is 4.83.